The SMILES string of the molecule is CC#C[C@@H](CC(=O)O)c1ccc(OCc2cccc(C[NH+]3Cc4cnc(C(=O)[O-])nc4C3)c2)cc1. The van der Waals surface area contributed by atoms with Gasteiger partial charge in [-0.15, -0.1) is 5.92 Å². The molecule has 0 radical (unpaired) electrons. The first-order valence-electron chi connectivity index (χ1n) is 11.3. The van der Waals surface area contributed by atoms with Crippen molar-refractivity contribution in [1.29, 1.82) is 0 Å². The number of ether oxygens (including phenoxy) is 1. The highest BCUT2D eigenvalue weighted by atomic mass is 16.5. The number of quaternary nitrogens is 1. The number of aromatic nitrogens is 2. The maximum atomic E-state index is 11.1. The third-order valence-corrected chi connectivity index (χ3v) is 5.83. The molecule has 178 valence electrons. The van der Waals surface area contributed by atoms with Crippen LogP contribution >= 0.6 is 0 Å². The van der Waals surface area contributed by atoms with Crippen molar-refractivity contribution in [3.8, 4) is 17.6 Å². The second-order valence-electron chi connectivity index (χ2n) is 8.46. The lowest BCUT2D eigenvalue weighted by atomic mass is 9.96. The van der Waals surface area contributed by atoms with Crippen molar-refractivity contribution >= 4 is 11.9 Å². The highest BCUT2D eigenvalue weighted by molar-refractivity contribution is 5.81. The van der Waals surface area contributed by atoms with Gasteiger partial charge in [0.1, 0.15) is 43.7 Å². The molecule has 8 nitrogen and oxygen atoms in total. The molecule has 1 unspecified atom stereocenters. The molecule has 1 aliphatic heterocycles. The Hall–Kier alpha value is -4.22. The first kappa shape index (κ1) is 23.9. The van der Waals surface area contributed by atoms with E-state index in [2.05, 4.69) is 33.9 Å². The van der Waals surface area contributed by atoms with Crippen LogP contribution in [0, 0.1) is 11.8 Å². The smallest absolute Gasteiger partial charge is 0.304 e. The van der Waals surface area contributed by atoms with E-state index in [1.807, 2.05) is 36.4 Å². The molecule has 35 heavy (non-hydrogen) atoms. The second kappa shape index (κ2) is 10.8. The van der Waals surface area contributed by atoms with Gasteiger partial charge in [0, 0.05) is 11.8 Å². The third kappa shape index (κ3) is 6.22. The van der Waals surface area contributed by atoms with Crippen LogP contribution in [0.4, 0.5) is 0 Å². The molecule has 0 saturated heterocycles. The number of fused-ring (bicyclic) bond motifs is 1. The average molecular weight is 472 g/mol. The van der Waals surface area contributed by atoms with E-state index < -0.39 is 11.9 Å². The van der Waals surface area contributed by atoms with Crippen LogP contribution < -0.4 is 14.7 Å². The Kier molecular flexibility index (Phi) is 7.38. The Labute approximate surface area is 203 Å². The normalized spacial score (nSPS) is 14.9. The Balaban J connectivity index is 1.34. The molecule has 8 heteroatoms. The Morgan fingerprint density at radius 2 is 1.94 bits per heavy atom. The summed E-state index contributed by atoms with van der Waals surface area (Å²) in [4.78, 5) is 31.3. The van der Waals surface area contributed by atoms with E-state index in [1.165, 1.54) is 4.90 Å². The van der Waals surface area contributed by atoms with E-state index in [0.717, 1.165) is 41.0 Å². The summed E-state index contributed by atoms with van der Waals surface area (Å²) in [6.45, 7) is 4.24. The third-order valence-electron chi connectivity index (χ3n) is 5.83. The Morgan fingerprint density at radius 3 is 2.66 bits per heavy atom. The summed E-state index contributed by atoms with van der Waals surface area (Å²) in [6.07, 6.45) is 1.54. The van der Waals surface area contributed by atoms with Gasteiger partial charge < -0.3 is 24.6 Å². The minimum atomic E-state index is -1.36. The number of carbonyl (C=O) groups is 2. The summed E-state index contributed by atoms with van der Waals surface area (Å²) >= 11 is 0. The van der Waals surface area contributed by atoms with Gasteiger partial charge in [0.2, 0.25) is 0 Å². The molecule has 4 rings (SSSR count). The van der Waals surface area contributed by atoms with E-state index in [1.54, 1.807) is 13.1 Å². The average Bonchev–Trinajstić information content (AvgIpc) is 3.24. The van der Waals surface area contributed by atoms with Gasteiger partial charge >= 0.3 is 5.97 Å². The van der Waals surface area contributed by atoms with Crippen LogP contribution in [0.25, 0.3) is 0 Å². The lowest BCUT2D eigenvalue weighted by Gasteiger charge is -2.13. The minimum Gasteiger partial charge on any atom is -0.542 e. The summed E-state index contributed by atoms with van der Waals surface area (Å²) in [5.74, 6) is 3.58. The predicted octanol–water partition coefficient (Wildman–Crippen LogP) is 1.10. The number of carboxylic acids is 2. The number of nitrogens with zero attached hydrogens (tertiary/aromatic N) is 2. The van der Waals surface area contributed by atoms with Gasteiger partial charge in [-0.1, -0.05) is 36.3 Å². The van der Waals surface area contributed by atoms with Crippen LogP contribution in [-0.2, 0) is 31.0 Å². The highest BCUT2D eigenvalue weighted by Gasteiger charge is 2.25. The largest absolute Gasteiger partial charge is 0.542 e. The van der Waals surface area contributed by atoms with Crippen molar-refractivity contribution in [2.75, 3.05) is 0 Å². The van der Waals surface area contributed by atoms with E-state index in [-0.39, 0.29) is 18.2 Å². The molecule has 0 aliphatic carbocycles. The monoisotopic (exact) mass is 471 g/mol. The Morgan fingerprint density at radius 1 is 1.17 bits per heavy atom. The van der Waals surface area contributed by atoms with Crippen LogP contribution in [-0.4, -0.2) is 27.0 Å². The van der Waals surface area contributed by atoms with Crippen LogP contribution in [0.1, 0.15) is 57.8 Å². The van der Waals surface area contributed by atoms with E-state index in [0.29, 0.717) is 18.9 Å². The van der Waals surface area contributed by atoms with Gasteiger partial charge in [0.05, 0.1) is 17.9 Å². The van der Waals surface area contributed by atoms with Crippen LogP contribution in [0.5, 0.6) is 5.75 Å². The van der Waals surface area contributed by atoms with Gasteiger partial charge in [-0.3, -0.25) is 4.79 Å². The van der Waals surface area contributed by atoms with Crippen LogP contribution in [0.3, 0.4) is 0 Å². The number of hydrogen-bond donors (Lipinski definition) is 2. The molecular formula is C27H25N3O5. The zero-order chi connectivity index (χ0) is 24.8. The molecule has 2 heterocycles. The summed E-state index contributed by atoms with van der Waals surface area (Å²) in [5.41, 5.74) is 4.74. The number of benzene rings is 2. The van der Waals surface area contributed by atoms with E-state index in [4.69, 9.17) is 9.84 Å². The van der Waals surface area contributed by atoms with Crippen LogP contribution in [0.15, 0.2) is 54.7 Å². The number of hydrogen-bond acceptors (Lipinski definition) is 6. The number of aliphatic carboxylic acids is 1. The molecular weight excluding hydrogens is 446 g/mol. The van der Waals surface area contributed by atoms with Crippen molar-refractivity contribution in [3.05, 3.63) is 88.5 Å². The zero-order valence-electron chi connectivity index (χ0n) is 19.3. The highest BCUT2D eigenvalue weighted by Crippen LogP contribution is 2.23. The summed E-state index contributed by atoms with van der Waals surface area (Å²) in [5, 5.41) is 20.1. The molecule has 2 N–H and O–H groups in total. The number of aromatic carboxylic acids is 1. The Bertz CT molecular complexity index is 1290. The fourth-order valence-corrected chi connectivity index (χ4v) is 4.22. The molecule has 0 saturated carbocycles. The molecule has 0 bridgehead atoms. The van der Waals surface area contributed by atoms with E-state index >= 15 is 0 Å². The summed E-state index contributed by atoms with van der Waals surface area (Å²) < 4.78 is 5.94. The van der Waals surface area contributed by atoms with Crippen molar-refractivity contribution in [1.82, 2.24) is 9.97 Å². The van der Waals surface area contributed by atoms with Gasteiger partial charge in [-0.2, -0.15) is 0 Å². The fraction of sp³-hybridized carbons (Fsp3) is 0.259. The van der Waals surface area contributed by atoms with Gasteiger partial charge in [0.25, 0.3) is 0 Å². The predicted molar refractivity (Wildman–Crippen MR) is 124 cm³/mol. The van der Waals surface area contributed by atoms with Gasteiger partial charge in [0.15, 0.2) is 5.82 Å². The summed E-state index contributed by atoms with van der Waals surface area (Å²) in [7, 11) is 0. The molecule has 1 aromatic heterocycles. The molecule has 0 spiro atoms. The molecule has 2 aromatic carbocycles. The van der Waals surface area contributed by atoms with Crippen LogP contribution in [0.2, 0.25) is 0 Å². The molecule has 2 atom stereocenters. The van der Waals surface area contributed by atoms with Gasteiger partial charge in [-0.05, 0) is 36.2 Å². The maximum absolute atomic E-state index is 11.1. The van der Waals surface area contributed by atoms with Crippen molar-refractivity contribution in [3.63, 3.8) is 0 Å². The number of rotatable bonds is 9. The molecule has 1 aliphatic rings. The number of carbonyl (C=O) groups excluding carboxylic acids is 1. The number of carboxylic acid groups (broad SMARTS) is 2. The topological polar surface area (TPSA) is 117 Å². The van der Waals surface area contributed by atoms with Gasteiger partial charge in [-0.25, -0.2) is 9.97 Å². The lowest BCUT2D eigenvalue weighted by molar-refractivity contribution is -0.934. The fourth-order valence-electron chi connectivity index (χ4n) is 4.22. The first-order valence-corrected chi connectivity index (χ1v) is 11.3. The van der Waals surface area contributed by atoms with Crippen molar-refractivity contribution in [2.45, 2.75) is 45.5 Å². The molecule has 3 aromatic rings. The molecule has 0 fully saturated rings. The van der Waals surface area contributed by atoms with E-state index in [9.17, 15) is 14.7 Å². The quantitative estimate of drug-likeness (QED) is 0.449. The standard InChI is InChI=1S/C27H25N3O5/c1-2-4-21(12-25(31)32)20-7-9-23(10-8-20)35-17-19-6-3-5-18(11-19)14-30-15-22-13-28-26(27(33)34)29-24(22)16-30/h3,5-11,13,21H,12,14-17H2,1H3,(H,31,32)(H,33,34)/t21-/m0/s1. The minimum absolute atomic E-state index is 0.0393. The zero-order valence-corrected chi connectivity index (χ0v) is 19.3. The summed E-state index contributed by atoms with van der Waals surface area (Å²) in [6, 6.07) is 15.5. The number of nitrogens with one attached hydrogen (secondary N) is 1. The second-order valence-corrected chi connectivity index (χ2v) is 8.46. The van der Waals surface area contributed by atoms with Crippen molar-refractivity contribution in [2.24, 2.45) is 0 Å². The molecule has 0 amide bonds. The maximum Gasteiger partial charge on any atom is 0.304 e. The first-order chi connectivity index (χ1) is 16.9. The van der Waals surface area contributed by atoms with Crippen molar-refractivity contribution < 1.29 is 29.4 Å². The lowest BCUT2D eigenvalue weighted by Crippen LogP contribution is -3.06.